The molecule has 0 spiro atoms. The Hall–Kier alpha value is -1.94. The maximum absolute atomic E-state index is 14.5. The molecule has 1 aromatic carbocycles. The first kappa shape index (κ1) is 13.1. The number of benzene rings is 1. The van der Waals surface area contributed by atoms with Gasteiger partial charge in [-0.25, -0.2) is 4.99 Å². The van der Waals surface area contributed by atoms with E-state index in [0.29, 0.717) is 22.0 Å². The highest BCUT2D eigenvalue weighted by Crippen LogP contribution is 2.32. The number of aliphatic imine (C=N–C) groups is 1. The maximum atomic E-state index is 14.5. The summed E-state index contributed by atoms with van der Waals surface area (Å²) in [6, 6.07) is 10.9. The van der Waals surface area contributed by atoms with Crippen molar-refractivity contribution >= 4 is 23.2 Å². The van der Waals surface area contributed by atoms with E-state index < -0.39 is 5.85 Å². The van der Waals surface area contributed by atoms with E-state index >= 15 is 0 Å². The van der Waals surface area contributed by atoms with Crippen LogP contribution in [0.15, 0.2) is 47.6 Å². The summed E-state index contributed by atoms with van der Waals surface area (Å²) in [5.74, 6) is -1.63. The molecule has 3 rings (SSSR count). The minimum Gasteiger partial charge on any atom is -0.440 e. The summed E-state index contributed by atoms with van der Waals surface area (Å²) in [6.07, 6.45) is 1.51. The maximum Gasteiger partial charge on any atom is 0.253 e. The van der Waals surface area contributed by atoms with Crippen molar-refractivity contribution in [2.75, 3.05) is 0 Å². The van der Waals surface area contributed by atoms with Crippen LogP contribution >= 0.6 is 11.6 Å². The molecule has 0 aliphatic carbocycles. The first-order valence-corrected chi connectivity index (χ1v) is 6.58. The average molecular weight is 291 g/mol. The number of ether oxygens (including phenoxy) is 1. The van der Waals surface area contributed by atoms with Crippen molar-refractivity contribution in [3.63, 3.8) is 0 Å². The van der Waals surface area contributed by atoms with Crippen molar-refractivity contribution in [3.8, 4) is 0 Å². The molecule has 0 saturated carbocycles. The fourth-order valence-electron chi connectivity index (χ4n) is 2.06. The molecule has 0 bridgehead atoms. The third-order valence-electron chi connectivity index (χ3n) is 2.95. The predicted molar refractivity (Wildman–Crippen MR) is 76.2 cm³/mol. The molecule has 20 heavy (non-hydrogen) atoms. The second-order valence-electron chi connectivity index (χ2n) is 4.78. The molecule has 3 nitrogen and oxygen atoms in total. The third-order valence-corrected chi connectivity index (χ3v) is 3.16. The molecule has 1 aliphatic rings. The van der Waals surface area contributed by atoms with Crippen LogP contribution in [0.4, 0.5) is 10.1 Å². The van der Waals surface area contributed by atoms with Crippen LogP contribution in [0.25, 0.3) is 0 Å². The number of nitrogens with zero attached hydrogens (tertiary/aromatic N) is 2. The molecule has 0 N–H and O–H groups in total. The van der Waals surface area contributed by atoms with Crippen LogP contribution in [0.5, 0.6) is 0 Å². The summed E-state index contributed by atoms with van der Waals surface area (Å²) in [5.41, 5.74) is 1.78. The van der Waals surface area contributed by atoms with E-state index in [-0.39, 0.29) is 12.3 Å². The SMILES string of the molecule is C[C@]1(F)Cc2ncc(Cl)cc2N=C(c2ccccc2)O1. The van der Waals surface area contributed by atoms with Gasteiger partial charge in [-0.05, 0) is 18.2 Å². The summed E-state index contributed by atoms with van der Waals surface area (Å²) < 4.78 is 19.9. The molecule has 2 aromatic rings. The highest BCUT2D eigenvalue weighted by Gasteiger charge is 2.32. The molecule has 0 fully saturated rings. The third kappa shape index (κ3) is 2.65. The van der Waals surface area contributed by atoms with E-state index in [1.807, 2.05) is 30.3 Å². The Bertz CT molecular complexity index is 671. The number of aromatic nitrogens is 1. The number of fused-ring (bicyclic) bond motifs is 1. The number of hydrogen-bond acceptors (Lipinski definition) is 3. The van der Waals surface area contributed by atoms with Crippen LogP contribution in [-0.2, 0) is 11.2 Å². The number of rotatable bonds is 1. The van der Waals surface area contributed by atoms with Gasteiger partial charge in [0.1, 0.15) is 0 Å². The van der Waals surface area contributed by atoms with Gasteiger partial charge in [-0.2, -0.15) is 4.39 Å². The van der Waals surface area contributed by atoms with E-state index in [0.717, 1.165) is 0 Å². The molecule has 0 radical (unpaired) electrons. The van der Waals surface area contributed by atoms with Gasteiger partial charge in [-0.15, -0.1) is 0 Å². The Balaban J connectivity index is 2.14. The van der Waals surface area contributed by atoms with Crippen LogP contribution < -0.4 is 0 Å². The summed E-state index contributed by atoms with van der Waals surface area (Å²) in [7, 11) is 0. The Morgan fingerprint density at radius 2 is 2.05 bits per heavy atom. The molecule has 2 heterocycles. The van der Waals surface area contributed by atoms with Crippen molar-refractivity contribution in [3.05, 3.63) is 58.9 Å². The first-order chi connectivity index (χ1) is 9.53. The van der Waals surface area contributed by atoms with Crippen molar-refractivity contribution in [1.29, 1.82) is 0 Å². The minimum absolute atomic E-state index is 0.0271. The van der Waals surface area contributed by atoms with Gasteiger partial charge in [0.15, 0.2) is 0 Å². The monoisotopic (exact) mass is 290 g/mol. The van der Waals surface area contributed by atoms with Crippen LogP contribution in [0, 0.1) is 0 Å². The minimum atomic E-state index is -1.86. The van der Waals surface area contributed by atoms with Crippen LogP contribution in [0.3, 0.4) is 0 Å². The summed E-state index contributed by atoms with van der Waals surface area (Å²) >= 11 is 5.93. The largest absolute Gasteiger partial charge is 0.440 e. The lowest BCUT2D eigenvalue weighted by atomic mass is 10.1. The zero-order valence-electron chi connectivity index (χ0n) is 10.8. The molecule has 1 aromatic heterocycles. The molecule has 102 valence electrons. The van der Waals surface area contributed by atoms with Gasteiger partial charge in [-0.3, -0.25) is 4.98 Å². The van der Waals surface area contributed by atoms with E-state index in [9.17, 15) is 4.39 Å². The Morgan fingerprint density at radius 3 is 2.80 bits per heavy atom. The number of halogens is 2. The fraction of sp³-hybridized carbons (Fsp3) is 0.200. The molecular formula is C15H12ClFN2O. The summed E-state index contributed by atoms with van der Waals surface area (Å²) in [4.78, 5) is 8.52. The molecule has 0 amide bonds. The van der Waals surface area contributed by atoms with Gasteiger partial charge in [0.2, 0.25) is 5.90 Å². The van der Waals surface area contributed by atoms with E-state index in [1.165, 1.54) is 13.1 Å². The Labute approximate surface area is 121 Å². The lowest BCUT2D eigenvalue weighted by Crippen LogP contribution is -2.28. The topological polar surface area (TPSA) is 34.5 Å². The Kier molecular flexibility index (Phi) is 3.18. The first-order valence-electron chi connectivity index (χ1n) is 6.20. The number of pyridine rings is 1. The van der Waals surface area contributed by atoms with Crippen molar-refractivity contribution in [1.82, 2.24) is 4.98 Å². The fourth-order valence-corrected chi connectivity index (χ4v) is 2.22. The second-order valence-corrected chi connectivity index (χ2v) is 5.22. The second kappa shape index (κ2) is 4.87. The average Bonchev–Trinajstić information content (AvgIpc) is 2.54. The van der Waals surface area contributed by atoms with Gasteiger partial charge < -0.3 is 4.74 Å². The number of alkyl halides is 1. The van der Waals surface area contributed by atoms with E-state index in [2.05, 4.69) is 9.98 Å². The van der Waals surface area contributed by atoms with Crippen molar-refractivity contribution in [2.45, 2.75) is 19.2 Å². The van der Waals surface area contributed by atoms with Crippen LogP contribution in [-0.4, -0.2) is 16.7 Å². The zero-order chi connectivity index (χ0) is 14.2. The van der Waals surface area contributed by atoms with Gasteiger partial charge in [0.05, 0.1) is 22.8 Å². The zero-order valence-corrected chi connectivity index (χ0v) is 11.6. The van der Waals surface area contributed by atoms with E-state index in [1.54, 1.807) is 6.07 Å². The quantitative estimate of drug-likeness (QED) is 0.793. The normalized spacial score (nSPS) is 21.4. The molecule has 5 heteroatoms. The van der Waals surface area contributed by atoms with Gasteiger partial charge in [-0.1, -0.05) is 29.8 Å². The van der Waals surface area contributed by atoms with Gasteiger partial charge >= 0.3 is 0 Å². The smallest absolute Gasteiger partial charge is 0.253 e. The standard InChI is InChI=1S/C15H12ClFN2O/c1-15(17)8-13-12(7-11(16)9-18-13)19-14(20-15)10-5-3-2-4-6-10/h2-7,9H,8H2,1H3/t15-/m1/s1. The highest BCUT2D eigenvalue weighted by molar-refractivity contribution is 6.30. The predicted octanol–water partition coefficient (Wildman–Crippen LogP) is 4.07. The molecule has 0 saturated heterocycles. The van der Waals surface area contributed by atoms with E-state index in [4.69, 9.17) is 16.3 Å². The Morgan fingerprint density at radius 1 is 1.30 bits per heavy atom. The van der Waals surface area contributed by atoms with Crippen LogP contribution in [0.2, 0.25) is 5.02 Å². The molecule has 0 unspecified atom stereocenters. The summed E-state index contributed by atoms with van der Waals surface area (Å²) in [5, 5.41) is 0.461. The number of hydrogen-bond donors (Lipinski definition) is 0. The lowest BCUT2D eigenvalue weighted by molar-refractivity contribution is -0.0534. The lowest BCUT2D eigenvalue weighted by Gasteiger charge is -2.20. The van der Waals surface area contributed by atoms with Crippen molar-refractivity contribution < 1.29 is 9.13 Å². The van der Waals surface area contributed by atoms with Crippen LogP contribution in [0.1, 0.15) is 18.2 Å². The van der Waals surface area contributed by atoms with Crippen molar-refractivity contribution in [2.24, 2.45) is 4.99 Å². The highest BCUT2D eigenvalue weighted by atomic mass is 35.5. The summed E-state index contributed by atoms with van der Waals surface area (Å²) in [6.45, 7) is 1.37. The van der Waals surface area contributed by atoms with Gasteiger partial charge in [0, 0.05) is 18.7 Å². The van der Waals surface area contributed by atoms with Gasteiger partial charge in [0.25, 0.3) is 5.85 Å². The molecule has 1 atom stereocenters. The molecular weight excluding hydrogens is 279 g/mol. The molecule has 1 aliphatic heterocycles.